The van der Waals surface area contributed by atoms with Gasteiger partial charge in [-0.2, -0.15) is 39.8 Å². The fourth-order valence-corrected chi connectivity index (χ4v) is 4.80. The lowest BCUT2D eigenvalue weighted by molar-refractivity contribution is -0.174. The zero-order chi connectivity index (χ0) is 29.8. The van der Waals surface area contributed by atoms with Crippen molar-refractivity contribution < 1.29 is 48.0 Å². The van der Waals surface area contributed by atoms with Gasteiger partial charge in [0.25, 0.3) is 10.1 Å². The third-order valence-electron chi connectivity index (χ3n) is 5.13. The Morgan fingerprint density at radius 1 is 0.850 bits per heavy atom. The second kappa shape index (κ2) is 15.2. The molecule has 0 aromatic heterocycles. The van der Waals surface area contributed by atoms with E-state index < -0.39 is 38.2 Å². The molecule has 0 amide bonds. The van der Waals surface area contributed by atoms with Gasteiger partial charge in [0.2, 0.25) is 0 Å². The van der Waals surface area contributed by atoms with Crippen LogP contribution >= 0.6 is 0 Å². The summed E-state index contributed by atoms with van der Waals surface area (Å²) in [5.74, 6) is 0.356. The van der Waals surface area contributed by atoms with Crippen molar-refractivity contribution >= 4 is 25.9 Å². The number of nitrogens with one attached hydrogen (secondary N) is 1. The molecule has 40 heavy (non-hydrogen) atoms. The van der Waals surface area contributed by atoms with Crippen molar-refractivity contribution in [2.45, 2.75) is 52.3 Å². The molecule has 2 aromatic rings. The topological polar surface area (TPSA) is 130 Å². The number of benzene rings is 2. The minimum atomic E-state index is -4.80. The van der Waals surface area contributed by atoms with E-state index in [0.29, 0.717) is 42.2 Å². The molecular formula is C25H33F3N2O8S2. The molecule has 0 aliphatic rings. The number of ether oxygens (including phenoxy) is 2. The Morgan fingerprint density at radius 3 is 1.85 bits per heavy atom. The van der Waals surface area contributed by atoms with Gasteiger partial charge in [-0.25, -0.2) is 0 Å². The number of hydrogen-bond acceptors (Lipinski definition) is 10. The van der Waals surface area contributed by atoms with E-state index in [1.54, 1.807) is 50.5 Å². The van der Waals surface area contributed by atoms with Gasteiger partial charge in [0.1, 0.15) is 11.5 Å². The maximum Gasteiger partial charge on any atom is 0.410 e. The third-order valence-corrected chi connectivity index (χ3v) is 7.60. The second-order valence-corrected chi connectivity index (χ2v) is 12.0. The number of nitrogens with zero attached hydrogens (tertiary/aromatic N) is 1. The molecule has 0 aliphatic carbocycles. The van der Waals surface area contributed by atoms with Crippen molar-refractivity contribution in [3.8, 4) is 11.5 Å². The summed E-state index contributed by atoms with van der Waals surface area (Å²) in [7, 11) is -7.83. The van der Waals surface area contributed by atoms with Crippen LogP contribution in [0.3, 0.4) is 0 Å². The number of alkyl halides is 3. The molecule has 1 N–H and O–H groups in total. The fraction of sp³-hybridized carbons (Fsp3) is 0.480. The minimum Gasteiger partial charge on any atom is -0.493 e. The average molecular weight is 611 g/mol. The van der Waals surface area contributed by atoms with Crippen LogP contribution in [0.4, 0.5) is 13.2 Å². The largest absolute Gasteiger partial charge is 0.493 e. The van der Waals surface area contributed by atoms with Gasteiger partial charge in [0.05, 0.1) is 30.4 Å². The van der Waals surface area contributed by atoms with E-state index in [0.717, 1.165) is 0 Å². The molecule has 0 fully saturated rings. The minimum absolute atomic E-state index is 0.121. The van der Waals surface area contributed by atoms with E-state index in [1.165, 1.54) is 24.3 Å². The van der Waals surface area contributed by atoms with E-state index in [9.17, 15) is 30.0 Å². The van der Waals surface area contributed by atoms with Crippen LogP contribution in [0.15, 0.2) is 53.7 Å². The number of hydrogen-bond donors (Lipinski definition) is 1. The maximum absolute atomic E-state index is 13.4. The molecule has 0 saturated carbocycles. The Balaban J connectivity index is 1.82. The Hall–Kier alpha value is -2.88. The van der Waals surface area contributed by atoms with E-state index in [4.69, 9.17) is 9.47 Å². The number of rotatable bonds is 17. The standard InChI is InChI=1S/C25H33F3N2O8S2/c1-4-17-39(31,32)37-29-19(3)20-7-11-22(12-8-20)35-15-6-16-36-23-13-9-21(10-14-23)24(25(26,27)28)30-38-40(33,34)18-5-2/h7-14,24,30H,4-6,15-18H2,1-3H3/b29-19+. The van der Waals surface area contributed by atoms with Crippen LogP contribution in [0.1, 0.15) is 57.2 Å². The molecule has 0 aliphatic heterocycles. The fourth-order valence-electron chi connectivity index (χ4n) is 3.18. The first-order valence-electron chi connectivity index (χ1n) is 12.4. The zero-order valence-electron chi connectivity index (χ0n) is 22.3. The van der Waals surface area contributed by atoms with Crippen LogP contribution in [-0.4, -0.2) is 53.4 Å². The molecule has 15 heteroatoms. The predicted octanol–water partition coefficient (Wildman–Crippen LogP) is 4.88. The molecule has 2 rings (SSSR count). The third kappa shape index (κ3) is 11.7. The van der Waals surface area contributed by atoms with Gasteiger partial charge < -0.3 is 9.47 Å². The summed E-state index contributed by atoms with van der Waals surface area (Å²) in [5.41, 5.74) is 2.41. The van der Waals surface area contributed by atoms with Crippen LogP contribution in [-0.2, 0) is 28.8 Å². The lowest BCUT2D eigenvalue weighted by atomic mass is 10.1. The van der Waals surface area contributed by atoms with E-state index in [-0.39, 0.29) is 24.3 Å². The van der Waals surface area contributed by atoms with Crippen LogP contribution in [0.5, 0.6) is 11.5 Å². The van der Waals surface area contributed by atoms with Crippen molar-refractivity contribution in [2.75, 3.05) is 24.7 Å². The number of oxime groups is 1. The van der Waals surface area contributed by atoms with Crippen molar-refractivity contribution in [1.29, 1.82) is 0 Å². The Kier molecular flexibility index (Phi) is 12.7. The van der Waals surface area contributed by atoms with E-state index in [1.807, 2.05) is 0 Å². The van der Waals surface area contributed by atoms with Gasteiger partial charge in [-0.3, -0.25) is 4.28 Å². The van der Waals surface area contributed by atoms with Crippen LogP contribution in [0, 0.1) is 0 Å². The number of hydroxylamine groups is 1. The molecule has 224 valence electrons. The molecule has 0 radical (unpaired) electrons. The predicted molar refractivity (Wildman–Crippen MR) is 143 cm³/mol. The van der Waals surface area contributed by atoms with Gasteiger partial charge in [0, 0.05) is 6.42 Å². The highest BCUT2D eigenvalue weighted by molar-refractivity contribution is 7.86. The Bertz CT molecular complexity index is 1300. The lowest BCUT2D eigenvalue weighted by Gasteiger charge is -2.21. The van der Waals surface area contributed by atoms with E-state index in [2.05, 4.69) is 13.7 Å². The molecule has 2 aromatic carbocycles. The van der Waals surface area contributed by atoms with Crippen molar-refractivity contribution in [1.82, 2.24) is 5.48 Å². The Labute approximate surface area is 232 Å². The second-order valence-electron chi connectivity index (χ2n) is 8.59. The van der Waals surface area contributed by atoms with Gasteiger partial charge in [-0.05, 0) is 67.3 Å². The summed E-state index contributed by atoms with van der Waals surface area (Å²) in [6.45, 7) is 5.43. The maximum atomic E-state index is 13.4. The highest BCUT2D eigenvalue weighted by Gasteiger charge is 2.42. The summed E-state index contributed by atoms with van der Waals surface area (Å²) in [6, 6.07) is 9.48. The highest BCUT2D eigenvalue weighted by atomic mass is 32.2. The first kappa shape index (κ1) is 33.3. The van der Waals surface area contributed by atoms with Gasteiger partial charge >= 0.3 is 16.3 Å². The van der Waals surface area contributed by atoms with E-state index >= 15 is 0 Å². The average Bonchev–Trinajstić information content (AvgIpc) is 2.87. The summed E-state index contributed by atoms with van der Waals surface area (Å²) in [5, 5.41) is 3.66. The van der Waals surface area contributed by atoms with Gasteiger partial charge in [0.15, 0.2) is 6.04 Å². The summed E-state index contributed by atoms with van der Waals surface area (Å²) in [4.78, 5) is 0. The molecule has 1 unspecified atom stereocenters. The summed E-state index contributed by atoms with van der Waals surface area (Å²) >= 11 is 0. The van der Waals surface area contributed by atoms with Crippen LogP contribution in [0.25, 0.3) is 0 Å². The molecule has 0 heterocycles. The van der Waals surface area contributed by atoms with Crippen LogP contribution < -0.4 is 15.0 Å². The molecule has 10 nitrogen and oxygen atoms in total. The number of halogens is 3. The molecule has 1 atom stereocenters. The summed E-state index contributed by atoms with van der Waals surface area (Å²) < 4.78 is 107. The smallest absolute Gasteiger partial charge is 0.410 e. The van der Waals surface area contributed by atoms with Crippen LogP contribution in [0.2, 0.25) is 0 Å². The quantitative estimate of drug-likeness (QED) is 0.151. The Morgan fingerprint density at radius 2 is 1.35 bits per heavy atom. The van der Waals surface area contributed by atoms with Gasteiger partial charge in [-0.15, -0.1) is 0 Å². The first-order chi connectivity index (χ1) is 18.8. The highest BCUT2D eigenvalue weighted by Crippen LogP contribution is 2.33. The van der Waals surface area contributed by atoms with Crippen molar-refractivity contribution in [2.24, 2.45) is 5.16 Å². The van der Waals surface area contributed by atoms with Crippen molar-refractivity contribution in [3.63, 3.8) is 0 Å². The molecule has 0 spiro atoms. The first-order valence-corrected chi connectivity index (χ1v) is 15.6. The zero-order valence-corrected chi connectivity index (χ0v) is 23.9. The monoisotopic (exact) mass is 610 g/mol. The molecule has 0 saturated heterocycles. The molecule has 0 bridgehead atoms. The SMILES string of the molecule is CCCS(=O)(=O)O/N=C(\C)c1ccc(OCCCOc2ccc(C(NOS(=O)(=O)CCC)C(F)(F)F)cc2)cc1. The van der Waals surface area contributed by atoms with Gasteiger partial charge in [-0.1, -0.05) is 31.1 Å². The molecular weight excluding hydrogens is 577 g/mol. The normalized spacial score (nSPS) is 13.6. The lowest BCUT2D eigenvalue weighted by Crippen LogP contribution is -2.36. The van der Waals surface area contributed by atoms with Crippen molar-refractivity contribution in [3.05, 3.63) is 59.7 Å². The summed E-state index contributed by atoms with van der Waals surface area (Å²) in [6.07, 6.45) is -3.70.